The first-order chi connectivity index (χ1) is 11.4. The van der Waals surface area contributed by atoms with Gasteiger partial charge in [0.2, 0.25) is 0 Å². The summed E-state index contributed by atoms with van der Waals surface area (Å²) in [6.07, 6.45) is 0. The lowest BCUT2D eigenvalue weighted by molar-refractivity contribution is -0.140. The molecule has 0 aliphatic carbocycles. The Bertz CT molecular complexity index is 739. The molecule has 24 heavy (non-hydrogen) atoms. The van der Waals surface area contributed by atoms with E-state index in [4.69, 9.17) is 9.84 Å². The van der Waals surface area contributed by atoms with Crippen LogP contribution >= 0.6 is 0 Å². The van der Waals surface area contributed by atoms with Gasteiger partial charge in [-0.2, -0.15) is 5.10 Å². The van der Waals surface area contributed by atoms with Crippen molar-refractivity contribution >= 4 is 11.9 Å². The Morgan fingerprint density at radius 3 is 2.67 bits per heavy atom. The van der Waals surface area contributed by atoms with Crippen LogP contribution in [0.15, 0.2) is 30.3 Å². The van der Waals surface area contributed by atoms with E-state index < -0.39 is 17.9 Å². The average molecular weight is 331 g/mol. The summed E-state index contributed by atoms with van der Waals surface area (Å²) < 4.78 is 6.67. The number of aryl methyl sites for hydroxylation is 2. The van der Waals surface area contributed by atoms with Crippen LogP contribution in [0.2, 0.25) is 0 Å². The van der Waals surface area contributed by atoms with E-state index in [1.165, 1.54) is 7.11 Å². The molecular formula is C17H21N3O4. The molecule has 1 atom stereocenters. The summed E-state index contributed by atoms with van der Waals surface area (Å²) in [5, 5.41) is 15.9. The van der Waals surface area contributed by atoms with Crippen LogP contribution in [0.4, 0.5) is 0 Å². The second kappa shape index (κ2) is 7.74. The SMILES string of the molecule is COCC(NC(=O)c1cccc(Cn2nc(C)cc2C)c1)C(=O)O. The van der Waals surface area contributed by atoms with Crippen LogP contribution in [-0.2, 0) is 16.1 Å². The van der Waals surface area contributed by atoms with Crippen LogP contribution in [0.3, 0.4) is 0 Å². The molecule has 0 aliphatic heterocycles. The third kappa shape index (κ3) is 4.42. The first-order valence-electron chi connectivity index (χ1n) is 7.53. The molecule has 0 spiro atoms. The monoisotopic (exact) mass is 331 g/mol. The van der Waals surface area contributed by atoms with Crippen LogP contribution in [0.1, 0.15) is 27.3 Å². The van der Waals surface area contributed by atoms with Crippen molar-refractivity contribution in [2.75, 3.05) is 13.7 Å². The number of amides is 1. The zero-order valence-electron chi connectivity index (χ0n) is 13.9. The number of methoxy groups -OCH3 is 1. The topological polar surface area (TPSA) is 93.5 Å². The number of aromatic nitrogens is 2. The van der Waals surface area contributed by atoms with Crippen molar-refractivity contribution in [1.29, 1.82) is 0 Å². The summed E-state index contributed by atoms with van der Waals surface area (Å²) in [4.78, 5) is 23.4. The maximum Gasteiger partial charge on any atom is 0.328 e. The van der Waals surface area contributed by atoms with Gasteiger partial charge < -0.3 is 15.2 Å². The minimum Gasteiger partial charge on any atom is -0.480 e. The van der Waals surface area contributed by atoms with Gasteiger partial charge in [0.05, 0.1) is 18.8 Å². The van der Waals surface area contributed by atoms with Gasteiger partial charge in [0.1, 0.15) is 0 Å². The van der Waals surface area contributed by atoms with Crippen LogP contribution in [0.25, 0.3) is 0 Å². The van der Waals surface area contributed by atoms with Crippen LogP contribution in [0, 0.1) is 13.8 Å². The number of carbonyl (C=O) groups excluding carboxylic acids is 1. The summed E-state index contributed by atoms with van der Waals surface area (Å²) in [6, 6.07) is 7.95. The van der Waals surface area contributed by atoms with Crippen molar-refractivity contribution in [3.63, 3.8) is 0 Å². The number of aliphatic carboxylic acids is 1. The molecule has 0 saturated carbocycles. The van der Waals surface area contributed by atoms with Gasteiger partial charge in [-0.1, -0.05) is 12.1 Å². The fourth-order valence-electron chi connectivity index (χ4n) is 2.40. The average Bonchev–Trinajstić information content (AvgIpc) is 2.84. The molecule has 2 rings (SSSR count). The smallest absolute Gasteiger partial charge is 0.328 e. The number of nitrogens with zero attached hydrogens (tertiary/aromatic N) is 2. The second-order valence-corrected chi connectivity index (χ2v) is 5.60. The normalized spacial score (nSPS) is 12.0. The molecule has 0 fully saturated rings. The molecule has 1 aromatic carbocycles. The molecule has 0 bridgehead atoms. The number of carbonyl (C=O) groups is 2. The molecule has 0 aliphatic rings. The summed E-state index contributed by atoms with van der Waals surface area (Å²) in [5.74, 6) is -1.58. The maximum absolute atomic E-state index is 12.3. The van der Waals surface area contributed by atoms with Crippen molar-refractivity contribution in [3.05, 3.63) is 52.8 Å². The Morgan fingerprint density at radius 1 is 1.33 bits per heavy atom. The Morgan fingerprint density at radius 2 is 2.08 bits per heavy atom. The van der Waals surface area contributed by atoms with Crippen LogP contribution in [0.5, 0.6) is 0 Å². The molecule has 2 N–H and O–H groups in total. The number of ether oxygens (including phenoxy) is 1. The predicted octanol–water partition coefficient (Wildman–Crippen LogP) is 1.38. The maximum atomic E-state index is 12.3. The zero-order valence-corrected chi connectivity index (χ0v) is 13.9. The van der Waals surface area contributed by atoms with E-state index in [2.05, 4.69) is 10.4 Å². The van der Waals surface area contributed by atoms with E-state index in [-0.39, 0.29) is 6.61 Å². The van der Waals surface area contributed by atoms with Crippen molar-refractivity contribution in [1.82, 2.24) is 15.1 Å². The minimum atomic E-state index is -1.14. The van der Waals surface area contributed by atoms with Gasteiger partial charge in [0.15, 0.2) is 6.04 Å². The van der Waals surface area contributed by atoms with E-state index in [9.17, 15) is 9.59 Å². The number of nitrogens with one attached hydrogen (secondary N) is 1. The molecule has 1 aromatic heterocycles. The zero-order chi connectivity index (χ0) is 17.7. The molecule has 2 aromatic rings. The lowest BCUT2D eigenvalue weighted by atomic mass is 10.1. The first-order valence-corrected chi connectivity index (χ1v) is 7.53. The van der Waals surface area contributed by atoms with Gasteiger partial charge >= 0.3 is 5.97 Å². The van der Waals surface area contributed by atoms with Crippen LogP contribution in [-0.4, -0.2) is 46.5 Å². The summed E-state index contributed by atoms with van der Waals surface area (Å²) in [7, 11) is 1.39. The highest BCUT2D eigenvalue weighted by molar-refractivity contribution is 5.96. The van der Waals surface area contributed by atoms with E-state index >= 15 is 0 Å². The number of carboxylic acids is 1. The fourth-order valence-corrected chi connectivity index (χ4v) is 2.40. The molecule has 7 nitrogen and oxygen atoms in total. The van der Waals surface area contributed by atoms with Gasteiger partial charge in [-0.05, 0) is 37.6 Å². The lowest BCUT2D eigenvalue weighted by Crippen LogP contribution is -2.43. The molecule has 0 saturated heterocycles. The quantitative estimate of drug-likeness (QED) is 0.799. The summed E-state index contributed by atoms with van der Waals surface area (Å²) in [6.45, 7) is 4.35. The molecule has 1 unspecified atom stereocenters. The van der Waals surface area contributed by atoms with Gasteiger partial charge in [-0.3, -0.25) is 9.48 Å². The van der Waals surface area contributed by atoms with E-state index in [1.54, 1.807) is 18.2 Å². The summed E-state index contributed by atoms with van der Waals surface area (Å²) in [5.41, 5.74) is 3.28. The van der Waals surface area contributed by atoms with Gasteiger partial charge in [-0.25, -0.2) is 4.79 Å². The highest BCUT2D eigenvalue weighted by Crippen LogP contribution is 2.10. The van der Waals surface area contributed by atoms with Gasteiger partial charge in [0, 0.05) is 18.4 Å². The Hall–Kier alpha value is -2.67. The van der Waals surface area contributed by atoms with Crippen molar-refractivity contribution in [3.8, 4) is 0 Å². The van der Waals surface area contributed by atoms with Crippen molar-refractivity contribution in [2.45, 2.75) is 26.4 Å². The van der Waals surface area contributed by atoms with E-state index in [1.807, 2.05) is 30.7 Å². The molecule has 1 heterocycles. The van der Waals surface area contributed by atoms with Gasteiger partial charge in [0.25, 0.3) is 5.91 Å². The lowest BCUT2D eigenvalue weighted by Gasteiger charge is -2.14. The Labute approximate surface area is 140 Å². The number of rotatable bonds is 7. The third-order valence-corrected chi connectivity index (χ3v) is 3.56. The highest BCUT2D eigenvalue weighted by Gasteiger charge is 2.20. The molecular weight excluding hydrogens is 310 g/mol. The largest absolute Gasteiger partial charge is 0.480 e. The molecule has 128 valence electrons. The fraction of sp³-hybridized carbons (Fsp3) is 0.353. The Balaban J connectivity index is 2.13. The van der Waals surface area contributed by atoms with Crippen molar-refractivity contribution in [2.24, 2.45) is 0 Å². The van der Waals surface area contributed by atoms with E-state index in [0.29, 0.717) is 12.1 Å². The second-order valence-electron chi connectivity index (χ2n) is 5.60. The first kappa shape index (κ1) is 17.7. The molecule has 7 heteroatoms. The molecule has 1 amide bonds. The van der Waals surface area contributed by atoms with Crippen LogP contribution < -0.4 is 5.32 Å². The standard InChI is InChI=1S/C17H21N3O4/c1-11-7-12(2)20(19-11)9-13-5-4-6-14(8-13)16(21)18-15(10-24-3)17(22)23/h4-8,15H,9-10H2,1-3H3,(H,18,21)(H,22,23). The van der Waals surface area contributed by atoms with Crippen molar-refractivity contribution < 1.29 is 19.4 Å². The number of hydrogen-bond acceptors (Lipinski definition) is 4. The van der Waals surface area contributed by atoms with Gasteiger partial charge in [-0.15, -0.1) is 0 Å². The number of hydrogen-bond donors (Lipinski definition) is 2. The number of benzene rings is 1. The number of carboxylic acid groups (broad SMARTS) is 1. The third-order valence-electron chi connectivity index (χ3n) is 3.56. The van der Waals surface area contributed by atoms with E-state index in [0.717, 1.165) is 17.0 Å². The summed E-state index contributed by atoms with van der Waals surface area (Å²) >= 11 is 0. The predicted molar refractivity (Wildman–Crippen MR) is 88.0 cm³/mol. The molecule has 0 radical (unpaired) electrons. The highest BCUT2D eigenvalue weighted by atomic mass is 16.5. The Kier molecular flexibility index (Phi) is 5.70. The minimum absolute atomic E-state index is 0.0908.